The number of carbonyl (C=O) groups excluding carboxylic acids is 2. The fourth-order valence-corrected chi connectivity index (χ4v) is 3.01. The molecular weight excluding hydrogens is 423 g/mol. The van der Waals surface area contributed by atoms with E-state index in [1.54, 1.807) is 12.4 Å². The first-order chi connectivity index (χ1) is 12.9. The molecule has 0 fully saturated rings. The van der Waals surface area contributed by atoms with Gasteiger partial charge in [0.2, 0.25) is 0 Å². The second-order valence-corrected chi connectivity index (χ2v) is 6.60. The molecule has 8 nitrogen and oxygen atoms in total. The van der Waals surface area contributed by atoms with Gasteiger partial charge in [-0.1, -0.05) is 0 Å². The van der Waals surface area contributed by atoms with E-state index in [0.717, 1.165) is 4.47 Å². The summed E-state index contributed by atoms with van der Waals surface area (Å²) in [5, 5.41) is 16.1. The van der Waals surface area contributed by atoms with Crippen LogP contribution in [0.2, 0.25) is 0 Å². The SMILES string of the molecule is COC(=O)C1=C(Nc2cc(F)ccc2-n2cc(Br)cn2)C(=O)N(CCO)C1. The molecule has 2 N–H and O–H groups in total. The lowest BCUT2D eigenvalue weighted by molar-refractivity contribution is -0.136. The molecular formula is C17H16BrFN4O4. The smallest absolute Gasteiger partial charge is 0.337 e. The number of nitrogens with one attached hydrogen (secondary N) is 1. The van der Waals surface area contributed by atoms with Crippen molar-refractivity contribution in [2.24, 2.45) is 0 Å². The topological polar surface area (TPSA) is 96.7 Å². The maximum absolute atomic E-state index is 13.8. The highest BCUT2D eigenvalue weighted by molar-refractivity contribution is 9.10. The van der Waals surface area contributed by atoms with E-state index in [9.17, 15) is 14.0 Å². The Morgan fingerprint density at radius 3 is 2.89 bits per heavy atom. The van der Waals surface area contributed by atoms with Gasteiger partial charge >= 0.3 is 5.97 Å². The molecule has 3 rings (SSSR count). The highest BCUT2D eigenvalue weighted by Gasteiger charge is 2.34. The first kappa shape index (κ1) is 19.1. The number of hydrogen-bond acceptors (Lipinski definition) is 6. The summed E-state index contributed by atoms with van der Waals surface area (Å²) in [7, 11) is 1.21. The molecule has 0 unspecified atom stereocenters. The van der Waals surface area contributed by atoms with Gasteiger partial charge in [-0.05, 0) is 34.1 Å². The van der Waals surface area contributed by atoms with Gasteiger partial charge in [-0.15, -0.1) is 0 Å². The van der Waals surface area contributed by atoms with Crippen LogP contribution in [0.1, 0.15) is 0 Å². The minimum absolute atomic E-state index is 0.00757. The van der Waals surface area contributed by atoms with Gasteiger partial charge < -0.3 is 20.1 Å². The van der Waals surface area contributed by atoms with Crippen molar-refractivity contribution in [2.45, 2.75) is 0 Å². The van der Waals surface area contributed by atoms with Gasteiger partial charge in [-0.25, -0.2) is 13.9 Å². The summed E-state index contributed by atoms with van der Waals surface area (Å²) in [6.07, 6.45) is 3.23. The van der Waals surface area contributed by atoms with Gasteiger partial charge in [0.25, 0.3) is 5.91 Å². The number of aliphatic hydroxyl groups excluding tert-OH is 1. The predicted octanol–water partition coefficient (Wildman–Crippen LogP) is 1.45. The minimum Gasteiger partial charge on any atom is -0.466 e. The zero-order valence-electron chi connectivity index (χ0n) is 14.3. The molecule has 1 aliphatic rings. The Labute approximate surface area is 162 Å². The maximum Gasteiger partial charge on any atom is 0.337 e. The second-order valence-electron chi connectivity index (χ2n) is 5.69. The van der Waals surface area contributed by atoms with Crippen LogP contribution in [0, 0.1) is 5.82 Å². The third kappa shape index (κ3) is 3.86. The Morgan fingerprint density at radius 1 is 1.48 bits per heavy atom. The zero-order valence-corrected chi connectivity index (χ0v) is 15.9. The quantitative estimate of drug-likeness (QED) is 0.662. The lowest BCUT2D eigenvalue weighted by Crippen LogP contribution is -2.31. The molecule has 2 heterocycles. The number of β-amino-alcohol motifs (C(OH)–C–C–N with tert-alkyl or cyclic N) is 1. The molecule has 1 aromatic heterocycles. The minimum atomic E-state index is -0.675. The summed E-state index contributed by atoms with van der Waals surface area (Å²) >= 11 is 3.30. The van der Waals surface area contributed by atoms with Crippen molar-refractivity contribution < 1.29 is 23.8 Å². The molecule has 10 heteroatoms. The number of aromatic nitrogens is 2. The predicted molar refractivity (Wildman–Crippen MR) is 97.6 cm³/mol. The molecule has 27 heavy (non-hydrogen) atoms. The fourth-order valence-electron chi connectivity index (χ4n) is 2.72. The molecule has 0 radical (unpaired) electrons. The summed E-state index contributed by atoms with van der Waals surface area (Å²) < 4.78 is 20.8. The van der Waals surface area contributed by atoms with Gasteiger partial charge in [0.15, 0.2) is 0 Å². The monoisotopic (exact) mass is 438 g/mol. The van der Waals surface area contributed by atoms with E-state index in [1.807, 2.05) is 0 Å². The highest BCUT2D eigenvalue weighted by atomic mass is 79.9. The van der Waals surface area contributed by atoms with Crippen LogP contribution >= 0.6 is 15.9 Å². The van der Waals surface area contributed by atoms with E-state index in [2.05, 4.69) is 26.3 Å². The third-order valence-corrected chi connectivity index (χ3v) is 4.38. The summed E-state index contributed by atoms with van der Waals surface area (Å²) in [5.41, 5.74) is 0.814. The Bertz CT molecular complexity index is 927. The molecule has 0 spiro atoms. The normalized spacial score (nSPS) is 14.1. The number of anilines is 1. The van der Waals surface area contributed by atoms with Crippen molar-refractivity contribution in [2.75, 3.05) is 32.1 Å². The molecule has 0 aliphatic carbocycles. The zero-order chi connectivity index (χ0) is 19.6. The molecule has 0 saturated heterocycles. The summed E-state index contributed by atoms with van der Waals surface area (Å²) in [6, 6.07) is 3.97. The van der Waals surface area contributed by atoms with Gasteiger partial charge in [-0.3, -0.25) is 4.79 Å². The molecule has 0 atom stereocenters. The summed E-state index contributed by atoms with van der Waals surface area (Å²) in [4.78, 5) is 26.0. The van der Waals surface area contributed by atoms with Gasteiger partial charge in [0.05, 0.1) is 47.9 Å². The number of amides is 1. The van der Waals surface area contributed by atoms with Crippen LogP contribution in [0.25, 0.3) is 5.69 Å². The van der Waals surface area contributed by atoms with Crippen molar-refractivity contribution in [3.05, 3.63) is 52.2 Å². The molecule has 0 saturated carbocycles. The van der Waals surface area contributed by atoms with Crippen LogP contribution in [0.3, 0.4) is 0 Å². The first-order valence-electron chi connectivity index (χ1n) is 7.93. The number of halogens is 2. The number of rotatable bonds is 6. The molecule has 1 aliphatic heterocycles. The van der Waals surface area contributed by atoms with Gasteiger partial charge in [0, 0.05) is 12.7 Å². The van der Waals surface area contributed by atoms with Crippen LogP contribution in [0.4, 0.5) is 10.1 Å². The van der Waals surface area contributed by atoms with Crippen LogP contribution in [0.5, 0.6) is 0 Å². The number of esters is 1. The van der Waals surface area contributed by atoms with Crippen molar-refractivity contribution in [1.82, 2.24) is 14.7 Å². The van der Waals surface area contributed by atoms with Crippen LogP contribution in [0.15, 0.2) is 46.3 Å². The van der Waals surface area contributed by atoms with Crippen molar-refractivity contribution in [1.29, 1.82) is 0 Å². The van der Waals surface area contributed by atoms with Crippen molar-refractivity contribution in [3.8, 4) is 5.69 Å². The lowest BCUT2D eigenvalue weighted by atomic mass is 10.2. The van der Waals surface area contributed by atoms with Gasteiger partial charge in [-0.2, -0.15) is 5.10 Å². The number of benzene rings is 1. The van der Waals surface area contributed by atoms with E-state index in [4.69, 9.17) is 9.84 Å². The number of carbonyl (C=O) groups is 2. The Balaban J connectivity index is 2.03. The van der Waals surface area contributed by atoms with Gasteiger partial charge in [0.1, 0.15) is 11.5 Å². The van der Waals surface area contributed by atoms with E-state index >= 15 is 0 Å². The average molecular weight is 439 g/mol. The number of hydrogen-bond donors (Lipinski definition) is 2. The van der Waals surface area contributed by atoms with Crippen molar-refractivity contribution >= 4 is 33.5 Å². The molecule has 142 valence electrons. The van der Waals surface area contributed by atoms with Crippen LogP contribution in [-0.4, -0.2) is 58.5 Å². The van der Waals surface area contributed by atoms with E-state index in [0.29, 0.717) is 5.69 Å². The Morgan fingerprint density at radius 2 is 2.26 bits per heavy atom. The molecule has 0 bridgehead atoms. The van der Waals surface area contributed by atoms with E-state index in [1.165, 1.54) is 34.9 Å². The largest absolute Gasteiger partial charge is 0.466 e. The Kier molecular flexibility index (Phi) is 5.57. The molecule has 2 aromatic rings. The number of nitrogens with zero attached hydrogens (tertiary/aromatic N) is 3. The van der Waals surface area contributed by atoms with Crippen molar-refractivity contribution in [3.63, 3.8) is 0 Å². The molecule has 1 amide bonds. The van der Waals surface area contributed by atoms with Crippen LogP contribution in [-0.2, 0) is 14.3 Å². The first-order valence-corrected chi connectivity index (χ1v) is 8.72. The van der Waals surface area contributed by atoms with Crippen LogP contribution < -0.4 is 5.32 Å². The maximum atomic E-state index is 13.8. The third-order valence-electron chi connectivity index (χ3n) is 3.97. The van der Waals surface area contributed by atoms with E-state index < -0.39 is 17.7 Å². The highest BCUT2D eigenvalue weighted by Crippen LogP contribution is 2.28. The average Bonchev–Trinajstić information content (AvgIpc) is 3.20. The summed E-state index contributed by atoms with van der Waals surface area (Å²) in [5.74, 6) is -1.68. The Hall–Kier alpha value is -2.72. The second kappa shape index (κ2) is 7.89. The number of ether oxygens (including phenoxy) is 1. The molecule has 1 aromatic carbocycles. The standard InChI is InChI=1S/C17H16BrFN4O4/c1-27-17(26)12-9-22(4-5-24)16(25)15(12)21-13-6-11(19)2-3-14(13)23-8-10(18)7-20-23/h2-3,6-8,21,24H,4-5,9H2,1H3. The lowest BCUT2D eigenvalue weighted by Gasteiger charge is -2.16. The number of aliphatic hydroxyl groups is 1. The van der Waals surface area contributed by atoms with E-state index in [-0.39, 0.29) is 36.7 Å². The number of methoxy groups -OCH3 is 1. The fraction of sp³-hybridized carbons (Fsp3) is 0.235. The summed E-state index contributed by atoms with van der Waals surface area (Å²) in [6.45, 7) is -0.195.